The third-order valence-corrected chi connectivity index (χ3v) is 5.02. The van der Waals surface area contributed by atoms with Gasteiger partial charge in [0.2, 0.25) is 11.7 Å². The molecule has 0 saturated heterocycles. The van der Waals surface area contributed by atoms with Crippen molar-refractivity contribution in [1.29, 1.82) is 0 Å². The molecule has 0 amide bonds. The van der Waals surface area contributed by atoms with Gasteiger partial charge in [-0.1, -0.05) is 24.4 Å². The van der Waals surface area contributed by atoms with E-state index >= 15 is 0 Å². The van der Waals surface area contributed by atoms with Crippen LogP contribution in [0.15, 0.2) is 4.52 Å². The molecule has 0 aromatic carbocycles. The molecular weight excluding hydrogens is 254 g/mol. The standard InChI is InChI=1S/C15H25N3O2/c1-19-15(9-3-2-4-10-15)14-17-13(20-18-14)11-5-7-12(16)8-6-11/h11-12H,2-10,16H2,1H3. The molecule has 5 nitrogen and oxygen atoms in total. The largest absolute Gasteiger partial charge is 0.370 e. The van der Waals surface area contributed by atoms with E-state index in [0.717, 1.165) is 50.2 Å². The third-order valence-electron chi connectivity index (χ3n) is 5.02. The second kappa shape index (κ2) is 5.82. The van der Waals surface area contributed by atoms with Crippen molar-refractivity contribution in [2.24, 2.45) is 5.73 Å². The summed E-state index contributed by atoms with van der Waals surface area (Å²) >= 11 is 0. The highest BCUT2D eigenvalue weighted by Crippen LogP contribution is 2.39. The molecule has 1 heterocycles. The zero-order valence-corrected chi connectivity index (χ0v) is 12.3. The number of nitrogens with zero attached hydrogens (tertiary/aromatic N) is 2. The Morgan fingerprint density at radius 3 is 2.50 bits per heavy atom. The molecule has 2 aliphatic carbocycles. The summed E-state index contributed by atoms with van der Waals surface area (Å²) in [5.74, 6) is 1.92. The van der Waals surface area contributed by atoms with Crippen molar-refractivity contribution >= 4 is 0 Å². The van der Waals surface area contributed by atoms with Gasteiger partial charge >= 0.3 is 0 Å². The van der Waals surface area contributed by atoms with Crippen molar-refractivity contribution in [3.8, 4) is 0 Å². The summed E-state index contributed by atoms with van der Waals surface area (Å²) in [5, 5.41) is 4.23. The van der Waals surface area contributed by atoms with Crippen LogP contribution in [-0.4, -0.2) is 23.3 Å². The summed E-state index contributed by atoms with van der Waals surface area (Å²) in [4.78, 5) is 4.68. The highest BCUT2D eigenvalue weighted by Gasteiger charge is 2.39. The fourth-order valence-corrected chi connectivity index (χ4v) is 3.59. The van der Waals surface area contributed by atoms with Crippen LogP contribution in [0.1, 0.15) is 75.4 Å². The molecule has 0 aliphatic heterocycles. The zero-order valence-electron chi connectivity index (χ0n) is 12.3. The highest BCUT2D eigenvalue weighted by atomic mass is 16.5. The smallest absolute Gasteiger partial charge is 0.229 e. The first-order chi connectivity index (χ1) is 9.73. The van der Waals surface area contributed by atoms with Gasteiger partial charge in [-0.15, -0.1) is 0 Å². The first kappa shape index (κ1) is 14.0. The molecule has 2 N–H and O–H groups in total. The molecule has 112 valence electrons. The summed E-state index contributed by atoms with van der Waals surface area (Å²) < 4.78 is 11.3. The average Bonchev–Trinajstić information content (AvgIpc) is 2.99. The molecule has 0 unspecified atom stereocenters. The predicted octanol–water partition coefficient (Wildman–Crippen LogP) is 2.86. The SMILES string of the molecule is COC1(c2noc(C3CCC(N)CC3)n2)CCCCC1. The van der Waals surface area contributed by atoms with E-state index in [4.69, 9.17) is 15.0 Å². The Labute approximate surface area is 120 Å². The van der Waals surface area contributed by atoms with Crippen LogP contribution in [0.5, 0.6) is 0 Å². The Hall–Kier alpha value is -0.940. The van der Waals surface area contributed by atoms with Crippen molar-refractivity contribution in [2.75, 3.05) is 7.11 Å². The first-order valence-electron chi connectivity index (χ1n) is 7.88. The maximum absolute atomic E-state index is 5.95. The van der Waals surface area contributed by atoms with Crippen molar-refractivity contribution in [3.63, 3.8) is 0 Å². The van der Waals surface area contributed by atoms with Gasteiger partial charge in [-0.25, -0.2) is 0 Å². The predicted molar refractivity (Wildman–Crippen MR) is 75.3 cm³/mol. The average molecular weight is 279 g/mol. The Kier molecular flexibility index (Phi) is 4.08. The summed E-state index contributed by atoms with van der Waals surface area (Å²) in [5.41, 5.74) is 5.64. The van der Waals surface area contributed by atoms with E-state index in [0.29, 0.717) is 12.0 Å². The molecule has 2 aliphatic rings. The van der Waals surface area contributed by atoms with Gasteiger partial charge in [0.25, 0.3) is 0 Å². The van der Waals surface area contributed by atoms with Gasteiger partial charge < -0.3 is 15.0 Å². The fraction of sp³-hybridized carbons (Fsp3) is 0.867. The number of rotatable bonds is 3. The normalized spacial score (nSPS) is 30.3. The first-order valence-corrected chi connectivity index (χ1v) is 7.88. The van der Waals surface area contributed by atoms with Crippen LogP contribution in [0.2, 0.25) is 0 Å². The summed E-state index contributed by atoms with van der Waals surface area (Å²) in [6.45, 7) is 0. The number of aromatic nitrogens is 2. The monoisotopic (exact) mass is 279 g/mol. The van der Waals surface area contributed by atoms with Crippen molar-refractivity contribution in [1.82, 2.24) is 10.1 Å². The quantitative estimate of drug-likeness (QED) is 0.921. The van der Waals surface area contributed by atoms with Crippen molar-refractivity contribution < 1.29 is 9.26 Å². The minimum Gasteiger partial charge on any atom is -0.370 e. The molecule has 0 spiro atoms. The lowest BCUT2D eigenvalue weighted by molar-refractivity contribution is -0.0527. The van der Waals surface area contributed by atoms with Gasteiger partial charge in [-0.3, -0.25) is 0 Å². The summed E-state index contributed by atoms with van der Waals surface area (Å²) in [6.07, 6.45) is 9.85. The van der Waals surface area contributed by atoms with Crippen molar-refractivity contribution in [2.45, 2.75) is 75.3 Å². The van der Waals surface area contributed by atoms with E-state index in [1.807, 2.05) is 0 Å². The zero-order chi connectivity index (χ0) is 14.0. The van der Waals surface area contributed by atoms with Gasteiger partial charge in [-0.2, -0.15) is 4.98 Å². The van der Waals surface area contributed by atoms with Gasteiger partial charge in [-0.05, 0) is 38.5 Å². The van der Waals surface area contributed by atoms with Crippen LogP contribution >= 0.6 is 0 Å². The summed E-state index contributed by atoms with van der Waals surface area (Å²) in [6, 6.07) is 0.345. The fourth-order valence-electron chi connectivity index (χ4n) is 3.59. The van der Waals surface area contributed by atoms with Crippen LogP contribution in [0.25, 0.3) is 0 Å². The molecule has 20 heavy (non-hydrogen) atoms. The Bertz CT molecular complexity index is 432. The van der Waals surface area contributed by atoms with Gasteiger partial charge in [0.15, 0.2) is 0 Å². The Balaban J connectivity index is 1.75. The highest BCUT2D eigenvalue weighted by molar-refractivity contribution is 5.06. The second-order valence-corrected chi connectivity index (χ2v) is 6.33. The van der Waals surface area contributed by atoms with Gasteiger partial charge in [0.05, 0.1) is 0 Å². The van der Waals surface area contributed by atoms with Gasteiger partial charge in [0, 0.05) is 19.1 Å². The maximum atomic E-state index is 5.95. The van der Waals surface area contributed by atoms with E-state index < -0.39 is 0 Å². The Morgan fingerprint density at radius 1 is 1.15 bits per heavy atom. The van der Waals surface area contributed by atoms with E-state index in [1.165, 1.54) is 19.3 Å². The minimum absolute atomic E-state index is 0.314. The topological polar surface area (TPSA) is 74.2 Å². The number of ether oxygens (including phenoxy) is 1. The number of methoxy groups -OCH3 is 1. The second-order valence-electron chi connectivity index (χ2n) is 6.33. The molecule has 5 heteroatoms. The maximum Gasteiger partial charge on any atom is 0.229 e. The summed E-state index contributed by atoms with van der Waals surface area (Å²) in [7, 11) is 1.76. The molecule has 2 saturated carbocycles. The molecule has 3 rings (SSSR count). The van der Waals surface area contributed by atoms with E-state index in [2.05, 4.69) is 10.1 Å². The van der Waals surface area contributed by atoms with E-state index in [9.17, 15) is 0 Å². The van der Waals surface area contributed by atoms with Gasteiger partial charge in [0.1, 0.15) is 5.60 Å². The molecule has 0 bridgehead atoms. The van der Waals surface area contributed by atoms with E-state index in [1.54, 1.807) is 7.11 Å². The van der Waals surface area contributed by atoms with Crippen molar-refractivity contribution in [3.05, 3.63) is 11.7 Å². The minimum atomic E-state index is -0.314. The molecule has 1 aromatic heterocycles. The molecule has 2 fully saturated rings. The molecule has 0 radical (unpaired) electrons. The van der Waals surface area contributed by atoms with Crippen LogP contribution in [0, 0.1) is 0 Å². The van der Waals surface area contributed by atoms with Crippen LogP contribution in [0.4, 0.5) is 0 Å². The Morgan fingerprint density at radius 2 is 1.85 bits per heavy atom. The molecule has 0 atom stereocenters. The number of hydrogen-bond acceptors (Lipinski definition) is 5. The lowest BCUT2D eigenvalue weighted by Crippen LogP contribution is -2.32. The van der Waals surface area contributed by atoms with E-state index in [-0.39, 0.29) is 5.60 Å². The molecule has 1 aromatic rings. The number of hydrogen-bond donors (Lipinski definition) is 1. The van der Waals surface area contributed by atoms with Crippen LogP contribution in [-0.2, 0) is 10.3 Å². The lowest BCUT2D eigenvalue weighted by Gasteiger charge is -2.32. The number of nitrogens with two attached hydrogens (primary N) is 1. The van der Waals surface area contributed by atoms with Crippen LogP contribution in [0.3, 0.4) is 0 Å². The van der Waals surface area contributed by atoms with Crippen LogP contribution < -0.4 is 5.73 Å². The third kappa shape index (κ3) is 2.61. The lowest BCUT2D eigenvalue weighted by atomic mass is 9.83. The molecular formula is C15H25N3O2.